The Kier molecular flexibility index (Phi) is 6.72. The Morgan fingerprint density at radius 1 is 1.44 bits per heavy atom. The van der Waals surface area contributed by atoms with E-state index in [2.05, 4.69) is 10.0 Å². The van der Waals surface area contributed by atoms with E-state index in [1.807, 2.05) is 18.7 Å². The summed E-state index contributed by atoms with van der Waals surface area (Å²) in [6.07, 6.45) is 1.83. The maximum atomic E-state index is 11.6. The zero-order chi connectivity index (χ0) is 11.9. The van der Waals surface area contributed by atoms with E-state index < -0.39 is 10.0 Å². The smallest absolute Gasteiger partial charge is 0.211 e. The molecule has 1 atom stereocenters. The average molecular weight is 266 g/mol. The summed E-state index contributed by atoms with van der Waals surface area (Å²) in [6.45, 7) is 4.31. The molecule has 1 rings (SSSR count). The number of nitrogens with one attached hydrogen (secondary N) is 2. The Morgan fingerprint density at radius 3 is 2.88 bits per heavy atom. The average Bonchev–Trinajstić information content (AvgIpc) is 2.75. The van der Waals surface area contributed by atoms with Crippen LogP contribution >= 0.6 is 11.8 Å². The predicted molar refractivity (Wildman–Crippen MR) is 70.4 cm³/mol. The molecule has 0 aromatic rings. The second-order valence-electron chi connectivity index (χ2n) is 4.10. The minimum atomic E-state index is -3.05. The van der Waals surface area contributed by atoms with Crippen LogP contribution in [0.2, 0.25) is 0 Å². The third-order valence-corrected chi connectivity index (χ3v) is 5.30. The zero-order valence-corrected chi connectivity index (χ0v) is 11.5. The summed E-state index contributed by atoms with van der Waals surface area (Å²) in [5, 5.41) is 3.12. The SMILES string of the molecule is CCNCCCS(=O)(=O)NCC1CCSC1. The molecule has 0 amide bonds. The molecule has 1 heterocycles. The Labute approximate surface area is 103 Å². The number of hydrogen-bond donors (Lipinski definition) is 2. The molecular formula is C10H22N2O2S2. The third kappa shape index (κ3) is 6.08. The van der Waals surface area contributed by atoms with Gasteiger partial charge >= 0.3 is 0 Å². The second kappa shape index (κ2) is 7.53. The lowest BCUT2D eigenvalue weighted by molar-refractivity contribution is 0.543. The van der Waals surface area contributed by atoms with E-state index in [1.54, 1.807) is 0 Å². The molecular weight excluding hydrogens is 244 g/mol. The Morgan fingerprint density at radius 2 is 2.25 bits per heavy atom. The highest BCUT2D eigenvalue weighted by Gasteiger charge is 2.18. The van der Waals surface area contributed by atoms with Gasteiger partial charge in [0, 0.05) is 6.54 Å². The van der Waals surface area contributed by atoms with Gasteiger partial charge in [0.05, 0.1) is 5.75 Å². The number of hydrogen-bond acceptors (Lipinski definition) is 4. The van der Waals surface area contributed by atoms with Crippen LogP contribution in [0.25, 0.3) is 0 Å². The molecule has 6 heteroatoms. The summed E-state index contributed by atoms with van der Waals surface area (Å²) in [4.78, 5) is 0. The highest BCUT2D eigenvalue weighted by Crippen LogP contribution is 2.22. The van der Waals surface area contributed by atoms with E-state index in [1.165, 1.54) is 5.75 Å². The molecule has 0 spiro atoms. The molecule has 1 fully saturated rings. The van der Waals surface area contributed by atoms with Gasteiger partial charge in [-0.15, -0.1) is 0 Å². The predicted octanol–water partition coefficient (Wildman–Crippen LogP) is 0.659. The van der Waals surface area contributed by atoms with Crippen molar-refractivity contribution in [2.24, 2.45) is 5.92 Å². The van der Waals surface area contributed by atoms with Crippen molar-refractivity contribution in [1.82, 2.24) is 10.0 Å². The molecule has 16 heavy (non-hydrogen) atoms. The maximum absolute atomic E-state index is 11.6. The first kappa shape index (κ1) is 14.3. The maximum Gasteiger partial charge on any atom is 0.211 e. The van der Waals surface area contributed by atoms with Crippen molar-refractivity contribution >= 4 is 21.8 Å². The van der Waals surface area contributed by atoms with E-state index in [9.17, 15) is 8.42 Å². The summed E-state index contributed by atoms with van der Waals surface area (Å²) in [5.41, 5.74) is 0. The van der Waals surface area contributed by atoms with Crippen LogP contribution in [-0.2, 0) is 10.0 Å². The number of rotatable bonds is 8. The summed E-state index contributed by atoms with van der Waals surface area (Å²) < 4.78 is 25.9. The molecule has 1 aliphatic heterocycles. The van der Waals surface area contributed by atoms with Crippen LogP contribution < -0.4 is 10.0 Å². The molecule has 0 aliphatic carbocycles. The highest BCUT2D eigenvalue weighted by molar-refractivity contribution is 7.99. The van der Waals surface area contributed by atoms with E-state index in [0.717, 1.165) is 25.3 Å². The molecule has 1 unspecified atom stereocenters. The van der Waals surface area contributed by atoms with E-state index in [-0.39, 0.29) is 5.75 Å². The van der Waals surface area contributed by atoms with Crippen molar-refractivity contribution in [2.45, 2.75) is 19.8 Å². The van der Waals surface area contributed by atoms with Gasteiger partial charge in [-0.25, -0.2) is 13.1 Å². The van der Waals surface area contributed by atoms with Crippen LogP contribution in [0.3, 0.4) is 0 Å². The molecule has 1 aliphatic rings. The molecule has 96 valence electrons. The van der Waals surface area contributed by atoms with Crippen LogP contribution in [0.15, 0.2) is 0 Å². The monoisotopic (exact) mass is 266 g/mol. The molecule has 0 bridgehead atoms. The van der Waals surface area contributed by atoms with E-state index in [0.29, 0.717) is 18.9 Å². The van der Waals surface area contributed by atoms with Crippen LogP contribution in [0.1, 0.15) is 19.8 Å². The number of sulfonamides is 1. The minimum absolute atomic E-state index is 0.236. The van der Waals surface area contributed by atoms with E-state index >= 15 is 0 Å². The zero-order valence-electron chi connectivity index (χ0n) is 9.87. The van der Waals surface area contributed by atoms with Gasteiger partial charge in [-0.2, -0.15) is 11.8 Å². The lowest BCUT2D eigenvalue weighted by Crippen LogP contribution is -2.32. The molecule has 0 aromatic heterocycles. The molecule has 0 aromatic carbocycles. The van der Waals surface area contributed by atoms with Crippen molar-refractivity contribution < 1.29 is 8.42 Å². The quantitative estimate of drug-likeness (QED) is 0.634. The van der Waals surface area contributed by atoms with Crippen LogP contribution in [0, 0.1) is 5.92 Å². The van der Waals surface area contributed by atoms with Gasteiger partial charge in [0.25, 0.3) is 0 Å². The van der Waals surface area contributed by atoms with Gasteiger partial charge in [-0.1, -0.05) is 6.92 Å². The van der Waals surface area contributed by atoms with Crippen molar-refractivity contribution in [3.05, 3.63) is 0 Å². The second-order valence-corrected chi connectivity index (χ2v) is 7.18. The van der Waals surface area contributed by atoms with Gasteiger partial charge in [0.2, 0.25) is 10.0 Å². The summed E-state index contributed by atoms with van der Waals surface area (Å²) in [5.74, 6) is 3.04. The first-order chi connectivity index (χ1) is 7.64. The largest absolute Gasteiger partial charge is 0.317 e. The first-order valence-corrected chi connectivity index (χ1v) is 8.70. The van der Waals surface area contributed by atoms with Crippen LogP contribution in [-0.4, -0.2) is 45.3 Å². The third-order valence-electron chi connectivity index (χ3n) is 2.63. The van der Waals surface area contributed by atoms with Gasteiger partial charge in [-0.3, -0.25) is 0 Å². The lowest BCUT2D eigenvalue weighted by atomic mass is 10.1. The van der Waals surface area contributed by atoms with Crippen molar-refractivity contribution in [2.75, 3.05) is 36.9 Å². The lowest BCUT2D eigenvalue weighted by Gasteiger charge is -2.10. The Balaban J connectivity index is 2.12. The van der Waals surface area contributed by atoms with Crippen molar-refractivity contribution in [3.8, 4) is 0 Å². The van der Waals surface area contributed by atoms with Gasteiger partial charge in [0.15, 0.2) is 0 Å². The summed E-state index contributed by atoms with van der Waals surface area (Å²) >= 11 is 1.91. The van der Waals surface area contributed by atoms with Crippen molar-refractivity contribution in [3.63, 3.8) is 0 Å². The normalized spacial score (nSPS) is 21.4. The molecule has 1 saturated heterocycles. The fourth-order valence-corrected chi connectivity index (χ4v) is 4.07. The number of thioether (sulfide) groups is 1. The topological polar surface area (TPSA) is 58.2 Å². The first-order valence-electron chi connectivity index (χ1n) is 5.90. The van der Waals surface area contributed by atoms with Crippen LogP contribution in [0.4, 0.5) is 0 Å². The molecule has 4 nitrogen and oxygen atoms in total. The molecule has 2 N–H and O–H groups in total. The van der Waals surface area contributed by atoms with E-state index in [4.69, 9.17) is 0 Å². The fraction of sp³-hybridized carbons (Fsp3) is 1.00. The highest BCUT2D eigenvalue weighted by atomic mass is 32.2. The molecule has 0 radical (unpaired) electrons. The minimum Gasteiger partial charge on any atom is -0.317 e. The summed E-state index contributed by atoms with van der Waals surface area (Å²) in [6, 6.07) is 0. The Hall–Kier alpha value is 0.220. The Bertz CT molecular complexity index is 275. The summed E-state index contributed by atoms with van der Waals surface area (Å²) in [7, 11) is -3.05. The van der Waals surface area contributed by atoms with Crippen molar-refractivity contribution in [1.29, 1.82) is 0 Å². The molecule has 0 saturated carbocycles. The van der Waals surface area contributed by atoms with Gasteiger partial charge in [-0.05, 0) is 43.4 Å². The van der Waals surface area contributed by atoms with Gasteiger partial charge in [0.1, 0.15) is 0 Å². The fourth-order valence-electron chi connectivity index (χ4n) is 1.63. The standard InChI is InChI=1S/C10H22N2O2S2/c1-2-11-5-3-7-16(13,14)12-8-10-4-6-15-9-10/h10-12H,2-9H2,1H3. The van der Waals surface area contributed by atoms with Gasteiger partial charge < -0.3 is 5.32 Å². The van der Waals surface area contributed by atoms with Crippen LogP contribution in [0.5, 0.6) is 0 Å².